The standard InChI is InChI=1S/C16H16ClF2NO/c17-14-11-13(8-9-15(14)21-16(18)19)20-10-4-7-12-5-2-1-3-6-12/h1-3,5-6,8-9,11,16,20H,4,7,10H2. The molecule has 2 aromatic carbocycles. The van der Waals surface area contributed by atoms with E-state index in [2.05, 4.69) is 22.2 Å². The summed E-state index contributed by atoms with van der Waals surface area (Å²) < 4.78 is 28.5. The van der Waals surface area contributed by atoms with Crippen LogP contribution in [0.1, 0.15) is 12.0 Å². The van der Waals surface area contributed by atoms with E-state index in [9.17, 15) is 8.78 Å². The number of hydrogen-bond acceptors (Lipinski definition) is 2. The molecule has 0 unspecified atom stereocenters. The highest BCUT2D eigenvalue weighted by molar-refractivity contribution is 6.32. The van der Waals surface area contributed by atoms with Crippen LogP contribution in [-0.2, 0) is 6.42 Å². The van der Waals surface area contributed by atoms with Gasteiger partial charge < -0.3 is 10.1 Å². The van der Waals surface area contributed by atoms with Gasteiger partial charge >= 0.3 is 6.61 Å². The van der Waals surface area contributed by atoms with Gasteiger partial charge in [-0.1, -0.05) is 41.9 Å². The molecule has 0 aliphatic rings. The lowest BCUT2D eigenvalue weighted by Gasteiger charge is -2.10. The molecule has 0 amide bonds. The summed E-state index contributed by atoms with van der Waals surface area (Å²) in [7, 11) is 0. The highest BCUT2D eigenvalue weighted by Crippen LogP contribution is 2.28. The molecule has 2 nitrogen and oxygen atoms in total. The molecule has 112 valence electrons. The Bertz CT molecular complexity index is 563. The van der Waals surface area contributed by atoms with Gasteiger partial charge in [0.1, 0.15) is 5.75 Å². The highest BCUT2D eigenvalue weighted by Gasteiger charge is 2.08. The number of benzene rings is 2. The zero-order valence-corrected chi connectivity index (χ0v) is 12.1. The maximum Gasteiger partial charge on any atom is 0.387 e. The third-order valence-electron chi connectivity index (χ3n) is 2.96. The maximum atomic E-state index is 12.1. The molecule has 0 fully saturated rings. The first-order chi connectivity index (χ1) is 10.1. The lowest BCUT2D eigenvalue weighted by atomic mass is 10.1. The van der Waals surface area contributed by atoms with Crippen molar-refractivity contribution in [3.63, 3.8) is 0 Å². The van der Waals surface area contributed by atoms with Gasteiger partial charge in [-0.25, -0.2) is 0 Å². The summed E-state index contributed by atoms with van der Waals surface area (Å²) in [6, 6.07) is 14.9. The molecule has 0 saturated heterocycles. The first kappa shape index (κ1) is 15.6. The van der Waals surface area contributed by atoms with Crippen molar-refractivity contribution in [2.45, 2.75) is 19.5 Å². The molecule has 0 radical (unpaired) electrons. The van der Waals surface area contributed by atoms with E-state index in [1.54, 1.807) is 12.1 Å². The topological polar surface area (TPSA) is 21.3 Å². The Morgan fingerprint density at radius 1 is 1.10 bits per heavy atom. The predicted octanol–water partition coefficient (Wildman–Crippen LogP) is 4.99. The number of anilines is 1. The van der Waals surface area contributed by atoms with Crippen LogP contribution in [0.5, 0.6) is 5.75 Å². The van der Waals surface area contributed by atoms with Crippen LogP contribution >= 0.6 is 11.6 Å². The number of rotatable bonds is 7. The van der Waals surface area contributed by atoms with E-state index in [0.717, 1.165) is 25.1 Å². The van der Waals surface area contributed by atoms with Gasteiger partial charge in [0, 0.05) is 12.2 Å². The van der Waals surface area contributed by atoms with E-state index in [-0.39, 0.29) is 10.8 Å². The second-order valence-corrected chi connectivity index (χ2v) is 4.95. The summed E-state index contributed by atoms with van der Waals surface area (Å²) in [5.41, 5.74) is 2.08. The monoisotopic (exact) mass is 311 g/mol. The Balaban J connectivity index is 1.79. The molecule has 5 heteroatoms. The number of ether oxygens (including phenoxy) is 1. The summed E-state index contributed by atoms with van der Waals surface area (Å²) in [6.45, 7) is -2.09. The van der Waals surface area contributed by atoms with Crippen molar-refractivity contribution in [1.29, 1.82) is 0 Å². The fraction of sp³-hybridized carbons (Fsp3) is 0.250. The van der Waals surface area contributed by atoms with Crippen LogP contribution in [0, 0.1) is 0 Å². The number of hydrogen-bond donors (Lipinski definition) is 1. The largest absolute Gasteiger partial charge is 0.433 e. The van der Waals surface area contributed by atoms with Crippen LogP contribution in [-0.4, -0.2) is 13.2 Å². The van der Waals surface area contributed by atoms with Crippen molar-refractivity contribution in [2.24, 2.45) is 0 Å². The fourth-order valence-corrected chi connectivity index (χ4v) is 2.20. The molecule has 0 saturated carbocycles. The van der Waals surface area contributed by atoms with Crippen LogP contribution in [0.4, 0.5) is 14.5 Å². The van der Waals surface area contributed by atoms with Gasteiger partial charge in [0.2, 0.25) is 0 Å². The van der Waals surface area contributed by atoms with Gasteiger partial charge in [0.15, 0.2) is 0 Å². The van der Waals surface area contributed by atoms with E-state index < -0.39 is 6.61 Å². The van der Waals surface area contributed by atoms with Crippen molar-refractivity contribution in [3.8, 4) is 5.75 Å². The summed E-state index contributed by atoms with van der Waals surface area (Å²) in [5.74, 6) is -0.0125. The third-order valence-corrected chi connectivity index (χ3v) is 3.26. The van der Waals surface area contributed by atoms with Gasteiger partial charge in [-0.15, -0.1) is 0 Å². The molecule has 0 aliphatic carbocycles. The fourth-order valence-electron chi connectivity index (χ4n) is 1.97. The molecule has 2 aromatic rings. The zero-order chi connectivity index (χ0) is 15.1. The molecule has 21 heavy (non-hydrogen) atoms. The van der Waals surface area contributed by atoms with E-state index in [1.807, 2.05) is 18.2 Å². The Morgan fingerprint density at radius 2 is 1.86 bits per heavy atom. The summed E-state index contributed by atoms with van der Waals surface area (Å²) in [5, 5.41) is 3.38. The average Bonchev–Trinajstić information content (AvgIpc) is 2.47. The molecule has 1 N–H and O–H groups in total. The van der Waals surface area contributed by atoms with Gasteiger partial charge in [-0.05, 0) is 36.6 Å². The zero-order valence-electron chi connectivity index (χ0n) is 11.4. The van der Waals surface area contributed by atoms with Crippen molar-refractivity contribution < 1.29 is 13.5 Å². The van der Waals surface area contributed by atoms with Crippen LogP contribution in [0.3, 0.4) is 0 Å². The van der Waals surface area contributed by atoms with Crippen molar-refractivity contribution in [1.82, 2.24) is 0 Å². The second-order valence-electron chi connectivity index (χ2n) is 4.54. The van der Waals surface area contributed by atoms with Crippen molar-refractivity contribution >= 4 is 17.3 Å². The van der Waals surface area contributed by atoms with Gasteiger partial charge in [0.25, 0.3) is 0 Å². The number of aryl methyl sites for hydroxylation is 1. The quantitative estimate of drug-likeness (QED) is 0.728. The average molecular weight is 312 g/mol. The van der Waals surface area contributed by atoms with Crippen LogP contribution < -0.4 is 10.1 Å². The molecule has 0 atom stereocenters. The van der Waals surface area contributed by atoms with Crippen LogP contribution in [0.2, 0.25) is 5.02 Å². The molecule has 0 aromatic heterocycles. The van der Waals surface area contributed by atoms with E-state index in [4.69, 9.17) is 11.6 Å². The molecule has 0 spiro atoms. The smallest absolute Gasteiger partial charge is 0.387 e. The Labute approximate surface area is 127 Å². The van der Waals surface area contributed by atoms with Crippen LogP contribution in [0.15, 0.2) is 48.5 Å². The number of halogens is 3. The van der Waals surface area contributed by atoms with Gasteiger partial charge in [0.05, 0.1) is 5.02 Å². The lowest BCUT2D eigenvalue weighted by molar-refractivity contribution is -0.0497. The van der Waals surface area contributed by atoms with Crippen molar-refractivity contribution in [2.75, 3.05) is 11.9 Å². The normalized spacial score (nSPS) is 10.7. The predicted molar refractivity (Wildman–Crippen MR) is 81.3 cm³/mol. The molecule has 0 aliphatic heterocycles. The number of alkyl halides is 2. The molecular formula is C16H16ClF2NO. The highest BCUT2D eigenvalue weighted by atomic mass is 35.5. The molecule has 0 heterocycles. The van der Waals surface area contributed by atoms with Gasteiger partial charge in [-0.2, -0.15) is 8.78 Å². The minimum Gasteiger partial charge on any atom is -0.433 e. The Kier molecular flexibility index (Phi) is 5.81. The minimum atomic E-state index is -2.87. The van der Waals surface area contributed by atoms with Crippen molar-refractivity contribution in [3.05, 3.63) is 59.1 Å². The summed E-state index contributed by atoms with van der Waals surface area (Å²) in [6.07, 6.45) is 1.95. The minimum absolute atomic E-state index is 0.0125. The van der Waals surface area contributed by atoms with Gasteiger partial charge in [-0.3, -0.25) is 0 Å². The maximum absolute atomic E-state index is 12.1. The van der Waals surface area contributed by atoms with E-state index >= 15 is 0 Å². The Hall–Kier alpha value is -1.81. The first-order valence-corrected chi connectivity index (χ1v) is 7.05. The van der Waals surface area contributed by atoms with E-state index in [0.29, 0.717) is 0 Å². The molecule has 2 rings (SSSR count). The Morgan fingerprint density at radius 3 is 2.52 bits per heavy atom. The van der Waals surface area contributed by atoms with E-state index in [1.165, 1.54) is 11.6 Å². The third kappa shape index (κ3) is 5.23. The lowest BCUT2D eigenvalue weighted by Crippen LogP contribution is -2.05. The molecule has 0 bridgehead atoms. The summed E-state index contributed by atoms with van der Waals surface area (Å²) >= 11 is 5.88. The van der Waals surface area contributed by atoms with Crippen LogP contribution in [0.25, 0.3) is 0 Å². The number of nitrogens with one attached hydrogen (secondary N) is 1. The first-order valence-electron chi connectivity index (χ1n) is 6.67. The molecular weight excluding hydrogens is 296 g/mol. The SMILES string of the molecule is FC(F)Oc1ccc(NCCCc2ccccc2)cc1Cl. The summed E-state index contributed by atoms with van der Waals surface area (Å²) in [4.78, 5) is 0. The second kappa shape index (κ2) is 7.84.